The van der Waals surface area contributed by atoms with Crippen LogP contribution in [0.5, 0.6) is 5.75 Å². The normalized spacial score (nSPS) is 18.6. The monoisotopic (exact) mass is 276 g/mol. The summed E-state index contributed by atoms with van der Waals surface area (Å²) in [6.45, 7) is 7.34. The van der Waals surface area contributed by atoms with E-state index in [0.717, 1.165) is 43.8 Å². The minimum atomic E-state index is 0.115. The SMILES string of the molecule is CCOc1ccc(C(=O)N(CC)C2CCCNC2)cc1. The number of carbonyl (C=O) groups is 1. The van der Waals surface area contributed by atoms with Gasteiger partial charge < -0.3 is 15.0 Å². The van der Waals surface area contributed by atoms with Crippen molar-refractivity contribution in [2.45, 2.75) is 32.7 Å². The minimum absolute atomic E-state index is 0.115. The molecule has 0 radical (unpaired) electrons. The highest BCUT2D eigenvalue weighted by Crippen LogP contribution is 2.17. The van der Waals surface area contributed by atoms with Crippen molar-refractivity contribution in [1.82, 2.24) is 10.2 Å². The van der Waals surface area contributed by atoms with E-state index in [9.17, 15) is 4.79 Å². The van der Waals surface area contributed by atoms with Gasteiger partial charge in [0, 0.05) is 24.7 Å². The molecule has 4 nitrogen and oxygen atoms in total. The van der Waals surface area contributed by atoms with Gasteiger partial charge in [-0.1, -0.05) is 0 Å². The van der Waals surface area contributed by atoms with Gasteiger partial charge in [-0.25, -0.2) is 0 Å². The first-order valence-corrected chi connectivity index (χ1v) is 7.50. The van der Waals surface area contributed by atoms with Gasteiger partial charge in [0.15, 0.2) is 0 Å². The van der Waals surface area contributed by atoms with Gasteiger partial charge in [0.25, 0.3) is 5.91 Å². The zero-order valence-corrected chi connectivity index (χ0v) is 12.4. The van der Waals surface area contributed by atoms with Crippen molar-refractivity contribution in [3.63, 3.8) is 0 Å². The fourth-order valence-electron chi connectivity index (χ4n) is 2.69. The lowest BCUT2D eigenvalue weighted by Gasteiger charge is -2.34. The minimum Gasteiger partial charge on any atom is -0.494 e. The van der Waals surface area contributed by atoms with Crippen LogP contribution in [0.25, 0.3) is 0 Å². The fourth-order valence-corrected chi connectivity index (χ4v) is 2.69. The van der Waals surface area contributed by atoms with Crippen LogP contribution in [0.15, 0.2) is 24.3 Å². The summed E-state index contributed by atoms with van der Waals surface area (Å²) >= 11 is 0. The Hall–Kier alpha value is -1.55. The van der Waals surface area contributed by atoms with Gasteiger partial charge in [0.05, 0.1) is 6.61 Å². The molecule has 4 heteroatoms. The molecule has 1 atom stereocenters. The zero-order valence-electron chi connectivity index (χ0n) is 12.4. The number of nitrogens with zero attached hydrogens (tertiary/aromatic N) is 1. The summed E-state index contributed by atoms with van der Waals surface area (Å²) in [7, 11) is 0. The van der Waals surface area contributed by atoms with E-state index < -0.39 is 0 Å². The summed E-state index contributed by atoms with van der Waals surface area (Å²) in [6, 6.07) is 7.75. The fraction of sp³-hybridized carbons (Fsp3) is 0.562. The predicted octanol–water partition coefficient (Wildman–Crippen LogP) is 2.30. The Labute approximate surface area is 121 Å². The van der Waals surface area contributed by atoms with E-state index in [1.807, 2.05) is 43.0 Å². The molecule has 110 valence electrons. The molecule has 1 fully saturated rings. The molecular weight excluding hydrogens is 252 g/mol. The maximum absolute atomic E-state index is 12.6. The Kier molecular flexibility index (Phi) is 5.41. The quantitative estimate of drug-likeness (QED) is 0.897. The molecule has 20 heavy (non-hydrogen) atoms. The van der Waals surface area contributed by atoms with Crippen molar-refractivity contribution in [1.29, 1.82) is 0 Å². The highest BCUT2D eigenvalue weighted by Gasteiger charge is 2.24. The summed E-state index contributed by atoms with van der Waals surface area (Å²) in [4.78, 5) is 14.6. The lowest BCUT2D eigenvalue weighted by atomic mass is 10.0. The summed E-state index contributed by atoms with van der Waals surface area (Å²) in [5.41, 5.74) is 0.737. The number of nitrogens with one attached hydrogen (secondary N) is 1. The molecule has 1 saturated heterocycles. The molecule has 1 amide bonds. The van der Waals surface area contributed by atoms with Gasteiger partial charge >= 0.3 is 0 Å². The number of piperidine rings is 1. The zero-order chi connectivity index (χ0) is 14.4. The summed E-state index contributed by atoms with van der Waals surface area (Å²) in [6.07, 6.45) is 2.22. The number of ether oxygens (including phenoxy) is 1. The number of hydrogen-bond acceptors (Lipinski definition) is 3. The third kappa shape index (κ3) is 3.51. The van der Waals surface area contributed by atoms with Crippen LogP contribution in [0.4, 0.5) is 0 Å². The number of benzene rings is 1. The van der Waals surface area contributed by atoms with Crippen molar-refractivity contribution in [2.75, 3.05) is 26.2 Å². The largest absolute Gasteiger partial charge is 0.494 e. The van der Waals surface area contributed by atoms with Crippen LogP contribution in [-0.2, 0) is 0 Å². The van der Waals surface area contributed by atoms with Crippen molar-refractivity contribution in [3.05, 3.63) is 29.8 Å². The topological polar surface area (TPSA) is 41.6 Å². The second-order valence-corrected chi connectivity index (χ2v) is 5.05. The standard InChI is InChI=1S/C16H24N2O2/c1-3-18(14-6-5-11-17-12-14)16(19)13-7-9-15(10-8-13)20-4-2/h7-10,14,17H,3-6,11-12H2,1-2H3. The van der Waals surface area contributed by atoms with E-state index in [1.54, 1.807) is 0 Å². The molecule has 1 aliphatic heterocycles. The predicted molar refractivity (Wildman–Crippen MR) is 80.2 cm³/mol. The van der Waals surface area contributed by atoms with Gasteiger partial charge in [0.1, 0.15) is 5.75 Å². The lowest BCUT2D eigenvalue weighted by Crippen LogP contribution is -2.48. The Bertz CT molecular complexity index is 425. The van der Waals surface area contributed by atoms with Crippen LogP contribution in [0.1, 0.15) is 37.0 Å². The number of hydrogen-bond donors (Lipinski definition) is 1. The molecule has 1 aliphatic rings. The Morgan fingerprint density at radius 1 is 1.35 bits per heavy atom. The Balaban J connectivity index is 2.07. The lowest BCUT2D eigenvalue weighted by molar-refractivity contribution is 0.0662. The maximum Gasteiger partial charge on any atom is 0.254 e. The molecule has 0 bridgehead atoms. The number of likely N-dealkylation sites (N-methyl/N-ethyl adjacent to an activating group) is 1. The molecule has 1 unspecified atom stereocenters. The second kappa shape index (κ2) is 7.29. The highest BCUT2D eigenvalue weighted by atomic mass is 16.5. The van der Waals surface area contributed by atoms with Crippen molar-refractivity contribution in [3.8, 4) is 5.75 Å². The molecule has 0 aromatic heterocycles. The summed E-state index contributed by atoms with van der Waals surface area (Å²) in [5.74, 6) is 0.927. The molecule has 0 saturated carbocycles. The van der Waals surface area contributed by atoms with Crippen molar-refractivity contribution in [2.24, 2.45) is 0 Å². The van der Waals surface area contributed by atoms with Crippen LogP contribution in [0, 0.1) is 0 Å². The molecule has 2 rings (SSSR count). The van der Waals surface area contributed by atoms with Gasteiger partial charge in [0.2, 0.25) is 0 Å². The summed E-state index contributed by atoms with van der Waals surface area (Å²) in [5, 5.41) is 3.37. The van der Waals surface area contributed by atoms with Crippen LogP contribution in [0.3, 0.4) is 0 Å². The molecular formula is C16H24N2O2. The van der Waals surface area contributed by atoms with Crippen molar-refractivity contribution < 1.29 is 9.53 Å². The van der Waals surface area contributed by atoms with E-state index in [-0.39, 0.29) is 5.91 Å². The molecule has 0 aliphatic carbocycles. The Morgan fingerprint density at radius 2 is 2.10 bits per heavy atom. The number of rotatable bonds is 5. The van der Waals surface area contributed by atoms with E-state index in [0.29, 0.717) is 12.6 Å². The molecule has 1 N–H and O–H groups in total. The van der Waals surface area contributed by atoms with E-state index >= 15 is 0 Å². The highest BCUT2D eigenvalue weighted by molar-refractivity contribution is 5.94. The van der Waals surface area contributed by atoms with Crippen LogP contribution in [0.2, 0.25) is 0 Å². The average molecular weight is 276 g/mol. The Morgan fingerprint density at radius 3 is 2.65 bits per heavy atom. The van der Waals surface area contributed by atoms with E-state index in [2.05, 4.69) is 5.32 Å². The first-order valence-electron chi connectivity index (χ1n) is 7.50. The second-order valence-electron chi connectivity index (χ2n) is 5.05. The smallest absolute Gasteiger partial charge is 0.254 e. The molecule has 0 spiro atoms. The first kappa shape index (κ1) is 14.9. The van der Waals surface area contributed by atoms with Crippen LogP contribution >= 0.6 is 0 Å². The number of carbonyl (C=O) groups excluding carboxylic acids is 1. The molecule has 1 heterocycles. The van der Waals surface area contributed by atoms with Gasteiger partial charge in [-0.2, -0.15) is 0 Å². The van der Waals surface area contributed by atoms with Crippen molar-refractivity contribution >= 4 is 5.91 Å². The summed E-state index contributed by atoms with van der Waals surface area (Å²) < 4.78 is 5.41. The van der Waals surface area contributed by atoms with Crippen LogP contribution in [-0.4, -0.2) is 43.1 Å². The third-order valence-corrected chi connectivity index (χ3v) is 3.73. The van der Waals surface area contributed by atoms with E-state index in [1.165, 1.54) is 0 Å². The molecule has 1 aromatic rings. The first-order chi connectivity index (χ1) is 9.76. The maximum atomic E-state index is 12.6. The third-order valence-electron chi connectivity index (χ3n) is 3.73. The number of amides is 1. The van der Waals surface area contributed by atoms with Crippen LogP contribution < -0.4 is 10.1 Å². The average Bonchev–Trinajstić information content (AvgIpc) is 2.50. The van der Waals surface area contributed by atoms with E-state index in [4.69, 9.17) is 4.74 Å². The van der Waals surface area contributed by atoms with Gasteiger partial charge in [-0.05, 0) is 57.5 Å². The van der Waals surface area contributed by atoms with Gasteiger partial charge in [-0.3, -0.25) is 4.79 Å². The van der Waals surface area contributed by atoms with Gasteiger partial charge in [-0.15, -0.1) is 0 Å². The molecule has 1 aromatic carbocycles.